The van der Waals surface area contributed by atoms with Crippen LogP contribution in [0.15, 0.2) is 66.9 Å². The first-order valence-corrected chi connectivity index (χ1v) is 9.88. The summed E-state index contributed by atoms with van der Waals surface area (Å²) in [6.45, 7) is 2.21. The molecule has 1 heterocycles. The second kappa shape index (κ2) is 7.45. The predicted octanol–water partition coefficient (Wildman–Crippen LogP) is 6.20. The zero-order valence-electron chi connectivity index (χ0n) is 15.9. The van der Waals surface area contributed by atoms with Crippen LogP contribution >= 0.6 is 0 Å². The molecule has 1 saturated carbocycles. The van der Waals surface area contributed by atoms with Crippen LogP contribution < -0.4 is 4.57 Å². The van der Waals surface area contributed by atoms with Crippen LogP contribution in [0.3, 0.4) is 0 Å². The molecule has 0 atom stereocenters. The van der Waals surface area contributed by atoms with Gasteiger partial charge in [0.25, 0.3) is 0 Å². The molecule has 1 fully saturated rings. The molecular formula is C25H28N+. The molecule has 1 aliphatic carbocycles. The minimum absolute atomic E-state index is 0.751. The van der Waals surface area contributed by atoms with Crippen LogP contribution in [-0.4, -0.2) is 0 Å². The van der Waals surface area contributed by atoms with E-state index in [9.17, 15) is 0 Å². The van der Waals surface area contributed by atoms with Crippen molar-refractivity contribution in [1.82, 2.24) is 0 Å². The highest BCUT2D eigenvalue weighted by molar-refractivity contribution is 5.72. The minimum atomic E-state index is 0.751. The van der Waals surface area contributed by atoms with Gasteiger partial charge >= 0.3 is 0 Å². The Labute approximate surface area is 157 Å². The monoisotopic (exact) mass is 342 g/mol. The molecule has 4 rings (SSSR count). The van der Waals surface area contributed by atoms with Gasteiger partial charge in [-0.2, -0.15) is 0 Å². The highest BCUT2D eigenvalue weighted by Gasteiger charge is 2.20. The van der Waals surface area contributed by atoms with Crippen LogP contribution in [0.2, 0.25) is 0 Å². The van der Waals surface area contributed by atoms with E-state index in [0.717, 1.165) is 5.92 Å². The topological polar surface area (TPSA) is 3.88 Å². The number of benzene rings is 2. The van der Waals surface area contributed by atoms with Crippen molar-refractivity contribution in [2.45, 2.75) is 44.9 Å². The van der Waals surface area contributed by atoms with Gasteiger partial charge in [-0.05, 0) is 54.5 Å². The van der Waals surface area contributed by atoms with Gasteiger partial charge in [0.2, 0.25) is 5.69 Å². The van der Waals surface area contributed by atoms with Gasteiger partial charge in [0, 0.05) is 17.2 Å². The first-order valence-electron chi connectivity index (χ1n) is 9.88. The fourth-order valence-electron chi connectivity index (χ4n) is 4.29. The zero-order valence-corrected chi connectivity index (χ0v) is 15.9. The third-order valence-electron chi connectivity index (χ3n) is 5.85. The van der Waals surface area contributed by atoms with Gasteiger partial charge in [0.1, 0.15) is 7.05 Å². The van der Waals surface area contributed by atoms with Crippen molar-refractivity contribution in [2.75, 3.05) is 0 Å². The predicted molar refractivity (Wildman–Crippen MR) is 109 cm³/mol. The van der Waals surface area contributed by atoms with E-state index in [1.165, 1.54) is 65.6 Å². The fraction of sp³-hybridized carbons (Fsp3) is 0.320. The van der Waals surface area contributed by atoms with Gasteiger partial charge in [-0.1, -0.05) is 61.7 Å². The van der Waals surface area contributed by atoms with Gasteiger partial charge in [0.05, 0.1) is 0 Å². The van der Waals surface area contributed by atoms with Crippen molar-refractivity contribution in [3.8, 4) is 22.4 Å². The van der Waals surface area contributed by atoms with Gasteiger partial charge in [-0.25, -0.2) is 4.57 Å². The summed E-state index contributed by atoms with van der Waals surface area (Å²) >= 11 is 0. The molecule has 26 heavy (non-hydrogen) atoms. The summed E-state index contributed by atoms with van der Waals surface area (Å²) in [7, 11) is 2.19. The number of rotatable bonds is 3. The molecule has 0 N–H and O–H groups in total. The summed E-state index contributed by atoms with van der Waals surface area (Å²) in [5, 5.41) is 0. The Morgan fingerprint density at radius 2 is 1.58 bits per heavy atom. The van der Waals surface area contributed by atoms with E-state index in [4.69, 9.17) is 0 Å². The summed E-state index contributed by atoms with van der Waals surface area (Å²) in [4.78, 5) is 0. The average molecular weight is 343 g/mol. The summed E-state index contributed by atoms with van der Waals surface area (Å²) in [6, 6.07) is 22.1. The normalized spacial score (nSPS) is 15.2. The van der Waals surface area contributed by atoms with Crippen molar-refractivity contribution in [2.24, 2.45) is 7.05 Å². The lowest BCUT2D eigenvalue weighted by Gasteiger charge is -2.21. The standard InChI is InChI=1S/C25H28N/c1-19-13-14-22(20-9-5-3-6-10-20)17-24(19)25-16-15-23(18-26(25)2)21-11-7-4-8-12-21/h3,5-6,9-10,13-18,21H,4,7-8,11-12H2,1-2H3/q+1. The fourth-order valence-corrected chi connectivity index (χ4v) is 4.29. The van der Waals surface area contributed by atoms with Gasteiger partial charge in [-0.3, -0.25) is 0 Å². The maximum Gasteiger partial charge on any atom is 0.212 e. The SMILES string of the molecule is Cc1ccc(-c2ccccc2)cc1-c1ccc(C2CCCCC2)c[n+]1C. The quantitative estimate of drug-likeness (QED) is 0.499. The molecule has 2 aromatic carbocycles. The molecule has 1 aliphatic rings. The zero-order chi connectivity index (χ0) is 17.9. The lowest BCUT2D eigenvalue weighted by atomic mass is 9.84. The number of pyridine rings is 1. The van der Waals surface area contributed by atoms with Crippen LogP contribution in [0.1, 0.15) is 49.1 Å². The number of aryl methyl sites for hydroxylation is 2. The van der Waals surface area contributed by atoms with Crippen molar-refractivity contribution >= 4 is 0 Å². The third-order valence-corrected chi connectivity index (χ3v) is 5.85. The van der Waals surface area contributed by atoms with E-state index in [-0.39, 0.29) is 0 Å². The largest absolute Gasteiger partial charge is 0.212 e. The van der Waals surface area contributed by atoms with E-state index >= 15 is 0 Å². The molecule has 0 aliphatic heterocycles. The molecule has 0 saturated heterocycles. The maximum atomic E-state index is 2.36. The smallest absolute Gasteiger partial charge is 0.201 e. The molecule has 0 bridgehead atoms. The Hall–Kier alpha value is -2.41. The molecular weight excluding hydrogens is 314 g/mol. The molecule has 0 unspecified atom stereocenters. The number of aromatic nitrogens is 1. The Bertz CT molecular complexity index is 889. The first-order chi connectivity index (χ1) is 12.7. The van der Waals surface area contributed by atoms with Crippen molar-refractivity contribution < 1.29 is 4.57 Å². The Balaban J connectivity index is 1.71. The minimum Gasteiger partial charge on any atom is -0.201 e. The van der Waals surface area contributed by atoms with Crippen molar-refractivity contribution in [3.05, 3.63) is 78.0 Å². The number of nitrogens with zero attached hydrogens (tertiary/aromatic N) is 1. The molecule has 1 nitrogen and oxygen atoms in total. The summed E-state index contributed by atoms with van der Waals surface area (Å²) in [5.74, 6) is 0.751. The Kier molecular flexibility index (Phi) is 4.88. The number of hydrogen-bond donors (Lipinski definition) is 0. The van der Waals surface area contributed by atoms with Gasteiger partial charge in [-0.15, -0.1) is 0 Å². The van der Waals surface area contributed by atoms with Crippen molar-refractivity contribution in [3.63, 3.8) is 0 Å². The van der Waals surface area contributed by atoms with E-state index in [0.29, 0.717) is 0 Å². The van der Waals surface area contributed by atoms with E-state index < -0.39 is 0 Å². The van der Waals surface area contributed by atoms with Crippen LogP contribution in [-0.2, 0) is 7.05 Å². The third kappa shape index (κ3) is 3.44. The first kappa shape index (κ1) is 17.0. The lowest BCUT2D eigenvalue weighted by molar-refractivity contribution is -0.660. The summed E-state index contributed by atoms with van der Waals surface area (Å²) in [6.07, 6.45) is 9.23. The second-order valence-electron chi connectivity index (χ2n) is 7.69. The summed E-state index contributed by atoms with van der Waals surface area (Å²) < 4.78 is 2.32. The molecule has 3 aromatic rings. The molecule has 1 heteroatoms. The molecule has 132 valence electrons. The molecule has 1 aromatic heterocycles. The van der Waals surface area contributed by atoms with E-state index in [1.807, 2.05) is 0 Å². The molecule has 0 spiro atoms. The van der Waals surface area contributed by atoms with Gasteiger partial charge < -0.3 is 0 Å². The Morgan fingerprint density at radius 1 is 0.808 bits per heavy atom. The highest BCUT2D eigenvalue weighted by atomic mass is 14.9. The van der Waals surface area contributed by atoms with E-state index in [2.05, 4.69) is 85.4 Å². The Morgan fingerprint density at radius 3 is 2.31 bits per heavy atom. The van der Waals surface area contributed by atoms with Crippen LogP contribution in [0, 0.1) is 6.92 Å². The average Bonchev–Trinajstić information content (AvgIpc) is 2.70. The van der Waals surface area contributed by atoms with Gasteiger partial charge in [0.15, 0.2) is 6.20 Å². The maximum absolute atomic E-state index is 2.36. The van der Waals surface area contributed by atoms with E-state index in [1.54, 1.807) is 0 Å². The highest BCUT2D eigenvalue weighted by Crippen LogP contribution is 2.33. The molecule has 0 amide bonds. The van der Waals surface area contributed by atoms with Crippen LogP contribution in [0.5, 0.6) is 0 Å². The second-order valence-corrected chi connectivity index (χ2v) is 7.69. The lowest BCUT2D eigenvalue weighted by Crippen LogP contribution is -2.32. The number of hydrogen-bond acceptors (Lipinski definition) is 0. The summed E-state index contributed by atoms with van der Waals surface area (Å²) in [5.41, 5.74) is 8.00. The van der Waals surface area contributed by atoms with Crippen molar-refractivity contribution in [1.29, 1.82) is 0 Å². The van der Waals surface area contributed by atoms with Crippen LogP contribution in [0.25, 0.3) is 22.4 Å². The van der Waals surface area contributed by atoms with Crippen LogP contribution in [0.4, 0.5) is 0 Å². The molecule has 0 radical (unpaired) electrons.